The van der Waals surface area contributed by atoms with E-state index in [9.17, 15) is 0 Å². The highest BCUT2D eigenvalue weighted by atomic mass is 15.0. The van der Waals surface area contributed by atoms with Crippen LogP contribution in [0, 0.1) is 0 Å². The summed E-state index contributed by atoms with van der Waals surface area (Å²) in [7, 11) is 0. The van der Waals surface area contributed by atoms with Crippen molar-refractivity contribution in [2.24, 2.45) is 0 Å². The molecule has 3 aromatic heterocycles. The van der Waals surface area contributed by atoms with Gasteiger partial charge in [0, 0.05) is 34.4 Å². The minimum atomic E-state index is 0.165. The van der Waals surface area contributed by atoms with Crippen LogP contribution in [0.4, 0.5) is 11.8 Å². The summed E-state index contributed by atoms with van der Waals surface area (Å²) < 4.78 is 0. The van der Waals surface area contributed by atoms with E-state index in [4.69, 9.17) is 11.5 Å². The molecule has 0 aliphatic carbocycles. The van der Waals surface area contributed by atoms with E-state index in [0.717, 1.165) is 44.2 Å². The first kappa shape index (κ1) is 14.5. The zero-order valence-corrected chi connectivity index (χ0v) is 13.8. The van der Waals surface area contributed by atoms with E-state index in [0.29, 0.717) is 5.82 Å². The fourth-order valence-corrected chi connectivity index (χ4v) is 3.40. The standard InChI is InChI=1S/C20H16N6/c21-19-17(13-1-3-15-11(9-13)5-7-23-15)18(25-20(22)26-19)14-2-4-16-12(10-14)6-8-24-16/h1-10,23-24H,(H4,21,22,25,26). The first-order chi connectivity index (χ1) is 12.7. The lowest BCUT2D eigenvalue weighted by Crippen LogP contribution is -2.04. The summed E-state index contributed by atoms with van der Waals surface area (Å²) >= 11 is 0. The van der Waals surface area contributed by atoms with Crippen molar-refractivity contribution < 1.29 is 0 Å². The van der Waals surface area contributed by atoms with Crippen LogP contribution in [0.3, 0.4) is 0 Å². The highest BCUT2D eigenvalue weighted by Gasteiger charge is 2.16. The molecule has 6 heteroatoms. The predicted octanol–water partition coefficient (Wildman–Crippen LogP) is 3.94. The Morgan fingerprint density at radius 1 is 0.692 bits per heavy atom. The lowest BCUT2D eigenvalue weighted by atomic mass is 9.98. The van der Waals surface area contributed by atoms with Gasteiger partial charge in [-0.3, -0.25) is 0 Å². The molecule has 0 amide bonds. The molecule has 0 saturated carbocycles. The molecule has 0 fully saturated rings. The van der Waals surface area contributed by atoms with Crippen molar-refractivity contribution in [1.82, 2.24) is 19.9 Å². The number of hydrogen-bond donors (Lipinski definition) is 4. The van der Waals surface area contributed by atoms with Gasteiger partial charge in [-0.2, -0.15) is 4.98 Å². The second kappa shape index (κ2) is 5.35. The smallest absolute Gasteiger partial charge is 0.222 e. The minimum Gasteiger partial charge on any atom is -0.383 e. The normalized spacial score (nSPS) is 11.4. The molecule has 0 atom stereocenters. The highest BCUT2D eigenvalue weighted by molar-refractivity contribution is 5.95. The summed E-state index contributed by atoms with van der Waals surface area (Å²) in [4.78, 5) is 15.1. The molecule has 0 aliphatic rings. The van der Waals surface area contributed by atoms with Gasteiger partial charge in [0.1, 0.15) is 5.82 Å². The fraction of sp³-hybridized carbons (Fsp3) is 0. The Hall–Kier alpha value is -3.80. The van der Waals surface area contributed by atoms with Gasteiger partial charge in [0.25, 0.3) is 0 Å². The van der Waals surface area contributed by atoms with Gasteiger partial charge in [-0.15, -0.1) is 0 Å². The number of fused-ring (bicyclic) bond motifs is 2. The summed E-state index contributed by atoms with van der Waals surface area (Å²) in [5.41, 5.74) is 17.7. The van der Waals surface area contributed by atoms with E-state index in [-0.39, 0.29) is 5.95 Å². The largest absolute Gasteiger partial charge is 0.383 e. The third-order valence-corrected chi connectivity index (χ3v) is 4.62. The monoisotopic (exact) mass is 340 g/mol. The van der Waals surface area contributed by atoms with Crippen molar-refractivity contribution in [2.45, 2.75) is 0 Å². The molecular formula is C20H16N6. The van der Waals surface area contributed by atoms with Crippen molar-refractivity contribution in [3.05, 3.63) is 60.9 Å². The molecule has 3 heterocycles. The lowest BCUT2D eigenvalue weighted by molar-refractivity contribution is 1.20. The van der Waals surface area contributed by atoms with Crippen LogP contribution >= 0.6 is 0 Å². The van der Waals surface area contributed by atoms with Gasteiger partial charge in [0.05, 0.1) is 11.3 Å². The molecule has 0 radical (unpaired) electrons. The number of nitrogen functional groups attached to an aromatic ring is 2. The summed E-state index contributed by atoms with van der Waals surface area (Å²) in [5.74, 6) is 0.537. The van der Waals surface area contributed by atoms with Gasteiger partial charge in [-0.05, 0) is 47.3 Å². The first-order valence-electron chi connectivity index (χ1n) is 8.27. The highest BCUT2D eigenvalue weighted by Crippen LogP contribution is 2.37. The zero-order chi connectivity index (χ0) is 17.7. The van der Waals surface area contributed by atoms with Crippen LogP contribution in [0.1, 0.15) is 0 Å². The maximum atomic E-state index is 6.26. The molecule has 6 nitrogen and oxygen atoms in total. The maximum absolute atomic E-state index is 6.26. The second-order valence-electron chi connectivity index (χ2n) is 6.25. The number of aromatic nitrogens is 4. The predicted molar refractivity (Wildman–Crippen MR) is 105 cm³/mol. The number of hydrogen-bond acceptors (Lipinski definition) is 4. The maximum Gasteiger partial charge on any atom is 0.222 e. The van der Waals surface area contributed by atoms with Gasteiger partial charge in [0.15, 0.2) is 0 Å². The minimum absolute atomic E-state index is 0.165. The Balaban J connectivity index is 1.78. The lowest BCUT2D eigenvalue weighted by Gasteiger charge is -2.13. The molecule has 6 N–H and O–H groups in total. The SMILES string of the molecule is Nc1nc(N)c(-c2ccc3[nH]ccc3c2)c(-c2ccc3[nH]ccc3c2)n1. The van der Waals surface area contributed by atoms with Crippen LogP contribution in [0.5, 0.6) is 0 Å². The summed E-state index contributed by atoms with van der Waals surface area (Å²) in [5, 5.41) is 2.20. The van der Waals surface area contributed by atoms with Crippen LogP contribution in [0.25, 0.3) is 44.2 Å². The van der Waals surface area contributed by atoms with Gasteiger partial charge in [-0.1, -0.05) is 12.1 Å². The average molecular weight is 340 g/mol. The summed E-state index contributed by atoms with van der Waals surface area (Å²) in [6, 6.07) is 16.3. The van der Waals surface area contributed by atoms with Gasteiger partial charge in [-0.25, -0.2) is 4.98 Å². The van der Waals surface area contributed by atoms with Crippen LogP contribution in [0.15, 0.2) is 60.9 Å². The van der Waals surface area contributed by atoms with Crippen molar-refractivity contribution in [3.8, 4) is 22.4 Å². The molecule has 0 unspecified atom stereocenters. The van der Waals surface area contributed by atoms with Crippen molar-refractivity contribution in [2.75, 3.05) is 11.5 Å². The second-order valence-corrected chi connectivity index (χ2v) is 6.25. The van der Waals surface area contributed by atoms with Gasteiger partial charge in [0.2, 0.25) is 5.95 Å². The molecule has 5 rings (SSSR count). The van der Waals surface area contributed by atoms with E-state index >= 15 is 0 Å². The van der Waals surface area contributed by atoms with E-state index in [1.807, 2.05) is 48.8 Å². The summed E-state index contributed by atoms with van der Waals surface area (Å²) in [6.45, 7) is 0. The molecule has 126 valence electrons. The Bertz CT molecular complexity index is 1260. The molecule has 2 aromatic carbocycles. The third-order valence-electron chi connectivity index (χ3n) is 4.62. The van der Waals surface area contributed by atoms with Crippen LogP contribution < -0.4 is 11.5 Å². The summed E-state index contributed by atoms with van der Waals surface area (Å²) in [6.07, 6.45) is 3.83. The quantitative estimate of drug-likeness (QED) is 0.390. The number of anilines is 2. The van der Waals surface area contributed by atoms with Crippen LogP contribution in [-0.4, -0.2) is 19.9 Å². The Morgan fingerprint density at radius 2 is 1.31 bits per heavy atom. The fourth-order valence-electron chi connectivity index (χ4n) is 3.40. The number of H-pyrrole nitrogens is 2. The number of nitrogens with two attached hydrogens (primary N) is 2. The van der Waals surface area contributed by atoms with Gasteiger partial charge < -0.3 is 21.4 Å². The van der Waals surface area contributed by atoms with Gasteiger partial charge >= 0.3 is 0 Å². The first-order valence-corrected chi connectivity index (χ1v) is 8.27. The number of nitrogens with one attached hydrogen (secondary N) is 2. The number of nitrogens with zero attached hydrogens (tertiary/aromatic N) is 2. The number of aromatic amines is 2. The third kappa shape index (κ3) is 2.20. The van der Waals surface area contributed by atoms with Crippen molar-refractivity contribution in [1.29, 1.82) is 0 Å². The molecule has 26 heavy (non-hydrogen) atoms. The van der Waals surface area contributed by atoms with Crippen LogP contribution in [-0.2, 0) is 0 Å². The molecule has 0 bridgehead atoms. The molecule has 5 aromatic rings. The Kier molecular flexibility index (Phi) is 2.99. The number of benzene rings is 2. The van der Waals surface area contributed by atoms with Crippen molar-refractivity contribution in [3.63, 3.8) is 0 Å². The zero-order valence-electron chi connectivity index (χ0n) is 13.8. The molecular weight excluding hydrogens is 324 g/mol. The Labute approximate surface area is 148 Å². The van der Waals surface area contributed by atoms with E-state index < -0.39 is 0 Å². The van der Waals surface area contributed by atoms with E-state index in [1.54, 1.807) is 0 Å². The molecule has 0 aliphatic heterocycles. The molecule has 0 saturated heterocycles. The van der Waals surface area contributed by atoms with Crippen LogP contribution in [0.2, 0.25) is 0 Å². The van der Waals surface area contributed by atoms with E-state index in [2.05, 4.69) is 32.1 Å². The van der Waals surface area contributed by atoms with Crippen molar-refractivity contribution >= 4 is 33.6 Å². The number of rotatable bonds is 2. The average Bonchev–Trinajstić information content (AvgIpc) is 3.28. The molecule has 0 spiro atoms. The van der Waals surface area contributed by atoms with E-state index in [1.165, 1.54) is 0 Å². The topological polar surface area (TPSA) is 109 Å². The Morgan fingerprint density at radius 3 is 2.00 bits per heavy atom.